The fraction of sp³-hybridized carbons (Fsp3) is 0.0500. The van der Waals surface area contributed by atoms with Gasteiger partial charge in [0.05, 0.1) is 21.8 Å². The lowest BCUT2D eigenvalue weighted by Gasteiger charge is -2.07. The predicted molar refractivity (Wildman–Crippen MR) is 108 cm³/mol. The van der Waals surface area contributed by atoms with Crippen LogP contribution in [-0.4, -0.2) is 20.7 Å². The number of hydrogen-bond acceptors (Lipinski definition) is 3. The minimum Gasteiger partial charge on any atom is -0.369 e. The van der Waals surface area contributed by atoms with Crippen LogP contribution in [0.2, 0.25) is 0 Å². The molecule has 4 aromatic rings. The molecule has 0 saturated carbocycles. The van der Waals surface area contributed by atoms with Gasteiger partial charge in [0.2, 0.25) is 5.91 Å². The number of primary amides is 1. The Balaban J connectivity index is 2.00. The first-order valence-electron chi connectivity index (χ1n) is 8.48. The van der Waals surface area contributed by atoms with Gasteiger partial charge in [0, 0.05) is 11.8 Å². The van der Waals surface area contributed by atoms with Crippen LogP contribution in [0, 0.1) is 11.6 Å². The van der Waals surface area contributed by atoms with Crippen LogP contribution in [0.4, 0.5) is 8.78 Å². The van der Waals surface area contributed by atoms with E-state index in [4.69, 9.17) is 5.73 Å². The summed E-state index contributed by atoms with van der Waals surface area (Å²) in [7, 11) is 0. The van der Waals surface area contributed by atoms with Crippen LogP contribution in [0.15, 0.2) is 57.9 Å². The van der Waals surface area contributed by atoms with E-state index in [9.17, 15) is 18.4 Å². The summed E-state index contributed by atoms with van der Waals surface area (Å²) in [4.78, 5) is 26.2. The van der Waals surface area contributed by atoms with Crippen molar-refractivity contribution in [3.8, 4) is 16.9 Å². The van der Waals surface area contributed by atoms with Crippen LogP contribution in [-0.2, 0) is 11.2 Å². The Bertz CT molecular complexity index is 1290. The lowest BCUT2D eigenvalue weighted by molar-refractivity contribution is -0.117. The lowest BCUT2D eigenvalue weighted by atomic mass is 10.1. The highest BCUT2D eigenvalue weighted by Crippen LogP contribution is 2.33. The Kier molecular flexibility index (Phi) is 4.75. The van der Waals surface area contributed by atoms with Crippen LogP contribution in [0.1, 0.15) is 5.56 Å². The van der Waals surface area contributed by atoms with Crippen molar-refractivity contribution in [2.45, 2.75) is 6.42 Å². The first kappa shape index (κ1) is 19.0. The Morgan fingerprint density at radius 2 is 1.79 bits per heavy atom. The van der Waals surface area contributed by atoms with Gasteiger partial charge in [-0.05, 0) is 33.6 Å². The number of H-pyrrole nitrogens is 1. The summed E-state index contributed by atoms with van der Waals surface area (Å²) in [6.45, 7) is 0. The molecule has 0 radical (unpaired) electrons. The van der Waals surface area contributed by atoms with Gasteiger partial charge in [0.15, 0.2) is 11.6 Å². The Morgan fingerprint density at radius 3 is 2.41 bits per heavy atom. The largest absolute Gasteiger partial charge is 0.369 e. The highest BCUT2D eigenvalue weighted by molar-refractivity contribution is 9.10. The number of nitrogens with two attached hydrogens (primary N) is 1. The second kappa shape index (κ2) is 7.25. The summed E-state index contributed by atoms with van der Waals surface area (Å²) in [5, 5.41) is 4.53. The number of aromatic nitrogens is 3. The number of pyridine rings is 1. The smallest absolute Gasteiger partial charge is 0.259 e. The van der Waals surface area contributed by atoms with Gasteiger partial charge >= 0.3 is 0 Å². The maximum Gasteiger partial charge on any atom is 0.259 e. The molecule has 29 heavy (non-hydrogen) atoms. The number of fused-ring (bicyclic) bond motifs is 1. The number of carbonyl (C=O) groups is 1. The molecular formula is C20H13BrF2N4O2. The molecule has 6 nitrogen and oxygen atoms in total. The normalized spacial score (nSPS) is 11.1. The number of para-hydroxylation sites is 1. The van der Waals surface area contributed by atoms with Gasteiger partial charge < -0.3 is 10.7 Å². The van der Waals surface area contributed by atoms with Crippen molar-refractivity contribution in [1.82, 2.24) is 14.8 Å². The van der Waals surface area contributed by atoms with E-state index in [-0.39, 0.29) is 28.7 Å². The number of hydrogen-bond donors (Lipinski definition) is 2. The number of aromatic amines is 1. The van der Waals surface area contributed by atoms with Crippen molar-refractivity contribution >= 4 is 32.7 Å². The quantitative estimate of drug-likeness (QED) is 0.490. The molecule has 0 aliphatic carbocycles. The van der Waals surface area contributed by atoms with Crippen molar-refractivity contribution in [3.63, 3.8) is 0 Å². The minimum atomic E-state index is -0.815. The monoisotopic (exact) mass is 458 g/mol. The van der Waals surface area contributed by atoms with Crippen LogP contribution < -0.4 is 11.3 Å². The third-order valence-corrected chi connectivity index (χ3v) is 5.03. The zero-order valence-electron chi connectivity index (χ0n) is 14.7. The standard InChI is InChI=1S/C20H13BrF2N4O2/c21-12-9-25-20(29)16-17(11-6-4-10(5-7-11)8-15(24)28)26-27(18(12)16)19-13(22)2-1-3-14(19)23/h1-7,9H,8H2,(H2,24,28)(H,25,29). The number of halogens is 3. The summed E-state index contributed by atoms with van der Waals surface area (Å²) in [6, 6.07) is 10.2. The van der Waals surface area contributed by atoms with E-state index in [1.165, 1.54) is 12.3 Å². The van der Waals surface area contributed by atoms with E-state index in [0.29, 0.717) is 15.6 Å². The van der Waals surface area contributed by atoms with E-state index >= 15 is 0 Å². The molecule has 0 fully saturated rings. The molecule has 146 valence electrons. The van der Waals surface area contributed by atoms with E-state index in [1.807, 2.05) is 0 Å². The van der Waals surface area contributed by atoms with Gasteiger partial charge in [-0.3, -0.25) is 9.59 Å². The molecule has 0 saturated heterocycles. The molecule has 0 atom stereocenters. The Morgan fingerprint density at radius 1 is 1.14 bits per heavy atom. The molecule has 0 unspecified atom stereocenters. The minimum absolute atomic E-state index is 0.0715. The number of amides is 1. The topological polar surface area (TPSA) is 93.8 Å². The molecule has 9 heteroatoms. The van der Waals surface area contributed by atoms with E-state index in [2.05, 4.69) is 26.0 Å². The van der Waals surface area contributed by atoms with Gasteiger partial charge in [-0.1, -0.05) is 30.3 Å². The van der Waals surface area contributed by atoms with Gasteiger partial charge in [0.1, 0.15) is 11.4 Å². The van der Waals surface area contributed by atoms with Crippen molar-refractivity contribution in [3.05, 3.63) is 80.7 Å². The fourth-order valence-electron chi connectivity index (χ4n) is 3.16. The van der Waals surface area contributed by atoms with E-state index < -0.39 is 23.1 Å². The van der Waals surface area contributed by atoms with Crippen LogP contribution >= 0.6 is 15.9 Å². The predicted octanol–water partition coefficient (Wildman–Crippen LogP) is 3.45. The van der Waals surface area contributed by atoms with Gasteiger partial charge in [-0.25, -0.2) is 13.5 Å². The second-order valence-corrected chi connectivity index (χ2v) is 7.21. The Hall–Kier alpha value is -3.33. The SMILES string of the molecule is NC(=O)Cc1ccc(-c2nn(-c3c(F)cccc3F)c3c(Br)c[nH]c(=O)c23)cc1. The van der Waals surface area contributed by atoms with Crippen molar-refractivity contribution in [2.24, 2.45) is 5.73 Å². The van der Waals surface area contributed by atoms with Crippen LogP contribution in [0.3, 0.4) is 0 Å². The molecule has 1 amide bonds. The highest BCUT2D eigenvalue weighted by Gasteiger charge is 2.22. The van der Waals surface area contributed by atoms with Gasteiger partial charge in [-0.15, -0.1) is 0 Å². The average molecular weight is 459 g/mol. The summed E-state index contributed by atoms with van der Waals surface area (Å²) >= 11 is 3.33. The molecule has 2 aromatic carbocycles. The summed E-state index contributed by atoms with van der Waals surface area (Å²) in [5.74, 6) is -2.10. The highest BCUT2D eigenvalue weighted by atomic mass is 79.9. The number of benzene rings is 2. The zero-order valence-corrected chi connectivity index (χ0v) is 16.3. The molecule has 0 aliphatic rings. The molecule has 3 N–H and O–H groups in total. The average Bonchev–Trinajstić information content (AvgIpc) is 3.06. The lowest BCUT2D eigenvalue weighted by Crippen LogP contribution is -2.13. The molecule has 2 aromatic heterocycles. The fourth-order valence-corrected chi connectivity index (χ4v) is 3.64. The first-order chi connectivity index (χ1) is 13.9. The molecule has 0 aliphatic heterocycles. The van der Waals surface area contributed by atoms with Crippen molar-refractivity contribution in [1.29, 1.82) is 0 Å². The first-order valence-corrected chi connectivity index (χ1v) is 9.28. The molecule has 0 bridgehead atoms. The zero-order chi connectivity index (χ0) is 20.7. The number of nitrogens with one attached hydrogen (secondary N) is 1. The summed E-state index contributed by atoms with van der Waals surface area (Å²) in [5.41, 5.74) is 6.07. The van der Waals surface area contributed by atoms with Crippen LogP contribution in [0.5, 0.6) is 0 Å². The van der Waals surface area contributed by atoms with Gasteiger partial charge in [-0.2, -0.15) is 5.10 Å². The number of rotatable bonds is 4. The number of nitrogens with zero attached hydrogens (tertiary/aromatic N) is 2. The number of carbonyl (C=O) groups excluding carboxylic acids is 1. The molecule has 2 heterocycles. The van der Waals surface area contributed by atoms with Gasteiger partial charge in [0.25, 0.3) is 5.56 Å². The van der Waals surface area contributed by atoms with Crippen LogP contribution in [0.25, 0.3) is 27.8 Å². The van der Waals surface area contributed by atoms with E-state index in [0.717, 1.165) is 16.8 Å². The molecule has 4 rings (SSSR count). The summed E-state index contributed by atoms with van der Waals surface area (Å²) < 4.78 is 30.4. The second-order valence-electron chi connectivity index (χ2n) is 6.36. The maximum absolute atomic E-state index is 14.4. The molecule has 0 spiro atoms. The third kappa shape index (κ3) is 3.33. The molecular weight excluding hydrogens is 446 g/mol. The van der Waals surface area contributed by atoms with E-state index in [1.54, 1.807) is 24.3 Å². The summed E-state index contributed by atoms with van der Waals surface area (Å²) in [6.07, 6.45) is 1.46. The third-order valence-electron chi connectivity index (χ3n) is 4.42. The van der Waals surface area contributed by atoms with Crippen molar-refractivity contribution < 1.29 is 13.6 Å². The maximum atomic E-state index is 14.4. The van der Waals surface area contributed by atoms with Crippen molar-refractivity contribution in [2.75, 3.05) is 0 Å². The Labute approximate surface area is 171 Å².